The molecule has 11 heavy (non-hydrogen) atoms. The summed E-state index contributed by atoms with van der Waals surface area (Å²) in [7, 11) is 0. The molecule has 1 aromatic carbocycles. The Balaban J connectivity index is 2.77. The van der Waals surface area contributed by atoms with Crippen LogP contribution in [0.2, 0.25) is 0 Å². The van der Waals surface area contributed by atoms with E-state index in [0.29, 0.717) is 0 Å². The Morgan fingerprint density at radius 1 is 1.36 bits per heavy atom. The van der Waals surface area contributed by atoms with Crippen molar-refractivity contribution in [2.24, 2.45) is 0 Å². The van der Waals surface area contributed by atoms with Gasteiger partial charge in [-0.3, -0.25) is 0 Å². The third-order valence-corrected chi connectivity index (χ3v) is 1.77. The topological polar surface area (TPSA) is 0 Å². The Morgan fingerprint density at radius 2 is 2.09 bits per heavy atom. The maximum Gasteiger partial charge on any atom is -0.00948 e. The standard InChI is InChI=1S/C11H13/c1-3-4-8-11-9-6-5-7-10(11)2/h3-7,9H,1,8H2,2H3. The summed E-state index contributed by atoms with van der Waals surface area (Å²) in [5.41, 5.74) is 2.73. The van der Waals surface area contributed by atoms with Crippen molar-refractivity contribution in [2.45, 2.75) is 13.3 Å². The van der Waals surface area contributed by atoms with Gasteiger partial charge in [-0.25, -0.2) is 0 Å². The molecule has 0 heteroatoms. The van der Waals surface area contributed by atoms with Gasteiger partial charge >= 0.3 is 0 Å². The monoisotopic (exact) mass is 145 g/mol. The summed E-state index contributed by atoms with van der Waals surface area (Å²) >= 11 is 0. The van der Waals surface area contributed by atoms with Crippen molar-refractivity contribution in [3.8, 4) is 0 Å². The molecule has 1 radical (unpaired) electrons. The van der Waals surface area contributed by atoms with E-state index in [4.69, 9.17) is 0 Å². The Hall–Kier alpha value is -1.04. The fraction of sp³-hybridized carbons (Fsp3) is 0.182. The van der Waals surface area contributed by atoms with Crippen LogP contribution in [0.3, 0.4) is 0 Å². The van der Waals surface area contributed by atoms with Crippen LogP contribution < -0.4 is 0 Å². The second-order valence-corrected chi connectivity index (χ2v) is 2.60. The van der Waals surface area contributed by atoms with Gasteiger partial charge in [0, 0.05) is 0 Å². The van der Waals surface area contributed by atoms with E-state index in [1.165, 1.54) is 11.1 Å². The molecule has 1 aromatic rings. The first-order valence-electron chi connectivity index (χ1n) is 3.83. The summed E-state index contributed by atoms with van der Waals surface area (Å²) in [5, 5.41) is 0. The van der Waals surface area contributed by atoms with Gasteiger partial charge in [0.2, 0.25) is 0 Å². The molecule has 0 saturated carbocycles. The van der Waals surface area contributed by atoms with Crippen molar-refractivity contribution >= 4 is 0 Å². The predicted octanol–water partition coefficient (Wildman–Crippen LogP) is 2.93. The van der Waals surface area contributed by atoms with Gasteiger partial charge in [0.15, 0.2) is 0 Å². The molecule has 0 aromatic heterocycles. The first-order chi connectivity index (χ1) is 5.34. The van der Waals surface area contributed by atoms with E-state index >= 15 is 0 Å². The van der Waals surface area contributed by atoms with E-state index in [2.05, 4.69) is 44.2 Å². The molecule has 0 atom stereocenters. The summed E-state index contributed by atoms with van der Waals surface area (Å²) in [6, 6.07) is 8.41. The minimum Gasteiger partial charge on any atom is -0.0879 e. The lowest BCUT2D eigenvalue weighted by Crippen LogP contribution is -1.84. The van der Waals surface area contributed by atoms with Gasteiger partial charge in [0.05, 0.1) is 0 Å². The molecular formula is C11H13. The van der Waals surface area contributed by atoms with Crippen LogP contribution in [-0.4, -0.2) is 0 Å². The van der Waals surface area contributed by atoms with Gasteiger partial charge in [-0.15, -0.1) is 0 Å². The third kappa shape index (κ3) is 2.23. The van der Waals surface area contributed by atoms with E-state index in [9.17, 15) is 0 Å². The van der Waals surface area contributed by atoms with E-state index in [1.807, 2.05) is 6.08 Å². The van der Waals surface area contributed by atoms with Crippen LogP contribution in [0, 0.1) is 13.8 Å². The largest absolute Gasteiger partial charge is 0.0879 e. The lowest BCUT2D eigenvalue weighted by molar-refractivity contribution is 1.21. The van der Waals surface area contributed by atoms with E-state index in [1.54, 1.807) is 0 Å². The number of hydrogen-bond donors (Lipinski definition) is 0. The maximum absolute atomic E-state index is 3.65. The molecule has 0 unspecified atom stereocenters. The van der Waals surface area contributed by atoms with Crippen molar-refractivity contribution in [3.05, 3.63) is 54.5 Å². The number of aryl methyl sites for hydroxylation is 1. The van der Waals surface area contributed by atoms with Gasteiger partial charge < -0.3 is 0 Å². The first kappa shape index (κ1) is 8.06. The molecule has 0 aliphatic heterocycles. The lowest BCUT2D eigenvalue weighted by atomic mass is 10.1. The number of rotatable bonds is 2. The Kier molecular flexibility index (Phi) is 2.91. The highest BCUT2D eigenvalue weighted by Gasteiger charge is 1.91. The molecule has 0 nitrogen and oxygen atoms in total. The van der Waals surface area contributed by atoms with E-state index in [-0.39, 0.29) is 0 Å². The number of allylic oxidation sites excluding steroid dienone is 2. The van der Waals surface area contributed by atoms with Crippen LogP contribution in [0.15, 0.2) is 36.4 Å². The van der Waals surface area contributed by atoms with Crippen molar-refractivity contribution < 1.29 is 0 Å². The summed E-state index contributed by atoms with van der Waals surface area (Å²) < 4.78 is 0. The molecule has 0 aliphatic carbocycles. The van der Waals surface area contributed by atoms with E-state index < -0.39 is 0 Å². The molecule has 0 bridgehead atoms. The SMILES string of the molecule is [CH2]C=CCc1ccccc1C. The van der Waals surface area contributed by atoms with Crippen molar-refractivity contribution in [1.82, 2.24) is 0 Å². The van der Waals surface area contributed by atoms with Gasteiger partial charge in [-0.05, 0) is 31.4 Å². The molecule has 57 valence electrons. The van der Waals surface area contributed by atoms with E-state index in [0.717, 1.165) is 6.42 Å². The molecule has 0 N–H and O–H groups in total. The predicted molar refractivity (Wildman–Crippen MR) is 49.4 cm³/mol. The smallest absolute Gasteiger partial charge is 0.00948 e. The minimum atomic E-state index is 0.996. The average molecular weight is 145 g/mol. The molecule has 0 amide bonds. The lowest BCUT2D eigenvalue weighted by Gasteiger charge is -1.99. The van der Waals surface area contributed by atoms with Crippen molar-refractivity contribution in [2.75, 3.05) is 0 Å². The van der Waals surface area contributed by atoms with Crippen LogP contribution in [0.1, 0.15) is 11.1 Å². The number of benzene rings is 1. The zero-order valence-electron chi connectivity index (χ0n) is 6.88. The molecule has 0 spiro atoms. The quantitative estimate of drug-likeness (QED) is 0.600. The fourth-order valence-electron chi connectivity index (χ4n) is 1.05. The highest BCUT2D eigenvalue weighted by molar-refractivity contribution is 5.27. The van der Waals surface area contributed by atoms with Crippen LogP contribution in [0.5, 0.6) is 0 Å². The summed E-state index contributed by atoms with van der Waals surface area (Å²) in [6.45, 7) is 5.78. The summed E-state index contributed by atoms with van der Waals surface area (Å²) in [4.78, 5) is 0. The first-order valence-corrected chi connectivity index (χ1v) is 3.83. The number of hydrogen-bond acceptors (Lipinski definition) is 0. The van der Waals surface area contributed by atoms with Gasteiger partial charge in [0.25, 0.3) is 0 Å². The van der Waals surface area contributed by atoms with Crippen LogP contribution >= 0.6 is 0 Å². The zero-order chi connectivity index (χ0) is 8.10. The summed E-state index contributed by atoms with van der Waals surface area (Å²) in [5.74, 6) is 0. The molecular weight excluding hydrogens is 132 g/mol. The van der Waals surface area contributed by atoms with Crippen molar-refractivity contribution in [1.29, 1.82) is 0 Å². The molecule has 0 saturated heterocycles. The van der Waals surface area contributed by atoms with Crippen LogP contribution in [0.4, 0.5) is 0 Å². The molecule has 0 fully saturated rings. The van der Waals surface area contributed by atoms with Crippen LogP contribution in [0.25, 0.3) is 0 Å². The fourth-order valence-corrected chi connectivity index (χ4v) is 1.05. The average Bonchev–Trinajstić information content (AvgIpc) is 2.03. The minimum absolute atomic E-state index is 0.996. The zero-order valence-corrected chi connectivity index (χ0v) is 6.88. The Labute approximate surface area is 68.6 Å². The Bertz CT molecular complexity index is 246. The third-order valence-electron chi connectivity index (χ3n) is 1.77. The van der Waals surface area contributed by atoms with Gasteiger partial charge in [-0.2, -0.15) is 0 Å². The second-order valence-electron chi connectivity index (χ2n) is 2.60. The summed E-state index contributed by atoms with van der Waals surface area (Å²) in [6.07, 6.45) is 4.91. The van der Waals surface area contributed by atoms with Crippen molar-refractivity contribution in [3.63, 3.8) is 0 Å². The van der Waals surface area contributed by atoms with Gasteiger partial charge in [0.1, 0.15) is 0 Å². The Morgan fingerprint density at radius 3 is 2.73 bits per heavy atom. The molecule has 0 heterocycles. The highest BCUT2D eigenvalue weighted by Crippen LogP contribution is 2.07. The van der Waals surface area contributed by atoms with Gasteiger partial charge in [-0.1, -0.05) is 36.4 Å². The highest BCUT2D eigenvalue weighted by atomic mass is 14.0. The van der Waals surface area contributed by atoms with Crippen LogP contribution in [-0.2, 0) is 6.42 Å². The molecule has 0 aliphatic rings. The second kappa shape index (κ2) is 3.97. The normalized spacial score (nSPS) is 10.7. The molecule has 1 rings (SSSR count). The maximum atomic E-state index is 3.65.